The summed E-state index contributed by atoms with van der Waals surface area (Å²) in [6, 6.07) is 0. The number of esters is 1. The van der Waals surface area contributed by atoms with Gasteiger partial charge < -0.3 is 4.74 Å². The average molecular weight is 258 g/mol. The van der Waals surface area contributed by atoms with E-state index in [0.29, 0.717) is 6.42 Å². The Kier molecular flexibility index (Phi) is 6.63. The molecule has 4 heteroatoms. The van der Waals surface area contributed by atoms with Crippen LogP contribution in [0.3, 0.4) is 0 Å². The van der Waals surface area contributed by atoms with Crippen LogP contribution >= 0.6 is 11.8 Å². The summed E-state index contributed by atoms with van der Waals surface area (Å²) in [7, 11) is 1.36. The summed E-state index contributed by atoms with van der Waals surface area (Å²) in [6.45, 7) is 2.06. The maximum atomic E-state index is 12.3. The highest BCUT2D eigenvalue weighted by molar-refractivity contribution is 8.00. The van der Waals surface area contributed by atoms with Gasteiger partial charge in [-0.15, -0.1) is 0 Å². The zero-order valence-corrected chi connectivity index (χ0v) is 11.6. The van der Waals surface area contributed by atoms with Gasteiger partial charge in [-0.2, -0.15) is 11.8 Å². The molecule has 0 spiro atoms. The van der Waals surface area contributed by atoms with Crippen molar-refractivity contribution in [2.45, 2.75) is 50.7 Å². The molecule has 1 saturated heterocycles. The van der Waals surface area contributed by atoms with Crippen LogP contribution in [-0.4, -0.2) is 29.9 Å². The van der Waals surface area contributed by atoms with Crippen molar-refractivity contribution in [1.29, 1.82) is 0 Å². The smallest absolute Gasteiger partial charge is 0.316 e. The van der Waals surface area contributed by atoms with E-state index < -0.39 is 5.92 Å². The first-order valence-corrected chi connectivity index (χ1v) is 7.48. The van der Waals surface area contributed by atoms with Gasteiger partial charge in [-0.05, 0) is 25.0 Å². The Balaban J connectivity index is 2.60. The van der Waals surface area contributed by atoms with Gasteiger partial charge in [0.2, 0.25) is 0 Å². The summed E-state index contributed by atoms with van der Waals surface area (Å²) in [5, 5.41) is 0.0182. The second-order valence-corrected chi connectivity index (χ2v) is 5.79. The molecule has 17 heavy (non-hydrogen) atoms. The fraction of sp³-hybridized carbons (Fsp3) is 0.846. The average Bonchev–Trinajstić information content (AvgIpc) is 2.39. The van der Waals surface area contributed by atoms with Crippen molar-refractivity contribution in [2.24, 2.45) is 5.92 Å². The van der Waals surface area contributed by atoms with Crippen molar-refractivity contribution >= 4 is 23.5 Å². The van der Waals surface area contributed by atoms with Crippen molar-refractivity contribution in [3.8, 4) is 0 Å². The van der Waals surface area contributed by atoms with Crippen LogP contribution in [0.2, 0.25) is 0 Å². The number of thioether (sulfide) groups is 1. The van der Waals surface area contributed by atoms with Gasteiger partial charge in [0.05, 0.1) is 12.4 Å². The lowest BCUT2D eigenvalue weighted by molar-refractivity contribution is -0.149. The second-order valence-electron chi connectivity index (χ2n) is 4.48. The van der Waals surface area contributed by atoms with Crippen molar-refractivity contribution < 1.29 is 14.3 Å². The summed E-state index contributed by atoms with van der Waals surface area (Å²) in [5.41, 5.74) is 0. The molecular formula is C13H22O3S. The molecule has 0 aromatic heterocycles. The van der Waals surface area contributed by atoms with Gasteiger partial charge in [0.1, 0.15) is 5.92 Å². The summed E-state index contributed by atoms with van der Waals surface area (Å²) < 4.78 is 4.75. The topological polar surface area (TPSA) is 43.4 Å². The molecule has 2 atom stereocenters. The minimum absolute atomic E-state index is 0.0182. The van der Waals surface area contributed by atoms with E-state index in [1.54, 1.807) is 11.8 Å². The Labute approximate surface area is 108 Å². The number of carbonyl (C=O) groups excluding carboxylic acids is 2. The molecule has 1 rings (SSSR count). The molecule has 1 aliphatic rings. The first-order valence-electron chi connectivity index (χ1n) is 6.43. The summed E-state index contributed by atoms with van der Waals surface area (Å²) in [4.78, 5) is 23.9. The van der Waals surface area contributed by atoms with E-state index in [-0.39, 0.29) is 17.0 Å². The van der Waals surface area contributed by atoms with Gasteiger partial charge in [0.25, 0.3) is 0 Å². The Morgan fingerprint density at radius 1 is 1.41 bits per heavy atom. The highest BCUT2D eigenvalue weighted by Crippen LogP contribution is 2.29. The maximum absolute atomic E-state index is 12.3. The van der Waals surface area contributed by atoms with Crippen LogP contribution in [0.4, 0.5) is 0 Å². The van der Waals surface area contributed by atoms with E-state index in [4.69, 9.17) is 4.74 Å². The Hall–Kier alpha value is -0.510. The highest BCUT2D eigenvalue weighted by atomic mass is 32.2. The van der Waals surface area contributed by atoms with E-state index in [1.807, 2.05) is 0 Å². The molecular weight excluding hydrogens is 236 g/mol. The number of ketones is 1. The molecule has 0 N–H and O–H groups in total. The number of unbranched alkanes of at least 4 members (excludes halogenated alkanes) is 1. The van der Waals surface area contributed by atoms with Crippen LogP contribution in [0.15, 0.2) is 0 Å². The van der Waals surface area contributed by atoms with E-state index in [2.05, 4.69) is 6.92 Å². The monoisotopic (exact) mass is 258 g/mol. The summed E-state index contributed by atoms with van der Waals surface area (Å²) >= 11 is 1.70. The molecule has 2 unspecified atom stereocenters. The summed E-state index contributed by atoms with van der Waals surface area (Å²) in [5.74, 6) is 0.248. The Morgan fingerprint density at radius 3 is 2.71 bits per heavy atom. The second kappa shape index (κ2) is 7.75. The number of carbonyl (C=O) groups is 2. The number of rotatable bonds is 6. The number of hydrogen-bond donors (Lipinski definition) is 0. The van der Waals surface area contributed by atoms with Crippen molar-refractivity contribution in [2.75, 3.05) is 12.9 Å². The number of methoxy groups -OCH3 is 1. The van der Waals surface area contributed by atoms with Crippen LogP contribution in [0, 0.1) is 5.92 Å². The van der Waals surface area contributed by atoms with Gasteiger partial charge in [-0.1, -0.05) is 26.2 Å². The van der Waals surface area contributed by atoms with Crippen molar-refractivity contribution in [1.82, 2.24) is 0 Å². The third-order valence-corrected chi connectivity index (χ3v) is 4.57. The molecule has 0 bridgehead atoms. The van der Waals surface area contributed by atoms with Crippen LogP contribution < -0.4 is 0 Å². The van der Waals surface area contributed by atoms with Gasteiger partial charge in [-0.25, -0.2) is 0 Å². The Bertz CT molecular complexity index is 259. The molecule has 1 fully saturated rings. The molecule has 0 aliphatic carbocycles. The lowest BCUT2D eigenvalue weighted by Crippen LogP contribution is -2.33. The van der Waals surface area contributed by atoms with Crippen molar-refractivity contribution in [3.63, 3.8) is 0 Å². The predicted molar refractivity (Wildman–Crippen MR) is 70.1 cm³/mol. The molecule has 1 heterocycles. The number of hydrogen-bond acceptors (Lipinski definition) is 4. The van der Waals surface area contributed by atoms with Gasteiger partial charge in [0.15, 0.2) is 5.78 Å². The highest BCUT2D eigenvalue weighted by Gasteiger charge is 2.33. The molecule has 0 radical (unpaired) electrons. The van der Waals surface area contributed by atoms with Crippen LogP contribution in [0.25, 0.3) is 0 Å². The molecule has 0 aromatic rings. The number of Topliss-reactive ketones (excluding diaryl/α,β-unsaturated/α-hetero) is 1. The fourth-order valence-corrected chi connectivity index (χ4v) is 3.43. The van der Waals surface area contributed by atoms with Crippen LogP contribution in [0.5, 0.6) is 0 Å². The SMILES string of the molecule is CCCCC(C(=O)OC)C(=O)C1CCCCS1. The van der Waals surface area contributed by atoms with Crippen molar-refractivity contribution in [3.05, 3.63) is 0 Å². The number of ether oxygens (including phenoxy) is 1. The van der Waals surface area contributed by atoms with E-state index in [0.717, 1.165) is 31.4 Å². The molecule has 0 saturated carbocycles. The standard InChI is InChI=1S/C13H22O3S/c1-3-4-7-10(13(15)16-2)12(14)11-8-5-6-9-17-11/h10-11H,3-9H2,1-2H3. The molecule has 0 amide bonds. The zero-order chi connectivity index (χ0) is 12.7. The lowest BCUT2D eigenvalue weighted by atomic mass is 9.93. The van der Waals surface area contributed by atoms with Gasteiger partial charge >= 0.3 is 5.97 Å². The van der Waals surface area contributed by atoms with Gasteiger partial charge in [-0.3, -0.25) is 9.59 Å². The van der Waals surface area contributed by atoms with E-state index >= 15 is 0 Å². The van der Waals surface area contributed by atoms with Crippen LogP contribution in [-0.2, 0) is 14.3 Å². The first-order chi connectivity index (χ1) is 8.20. The largest absolute Gasteiger partial charge is 0.468 e. The normalized spacial score (nSPS) is 21.9. The molecule has 1 aliphatic heterocycles. The molecule has 98 valence electrons. The lowest BCUT2D eigenvalue weighted by Gasteiger charge is -2.23. The van der Waals surface area contributed by atoms with Crippen LogP contribution in [0.1, 0.15) is 45.4 Å². The molecule has 0 aromatic carbocycles. The fourth-order valence-electron chi connectivity index (χ4n) is 2.12. The third kappa shape index (κ3) is 4.34. The predicted octanol–water partition coefficient (Wildman–Crippen LogP) is 2.82. The third-order valence-electron chi connectivity index (χ3n) is 3.17. The quantitative estimate of drug-likeness (QED) is 0.543. The Morgan fingerprint density at radius 2 is 2.18 bits per heavy atom. The minimum atomic E-state index is -0.532. The molecule has 3 nitrogen and oxygen atoms in total. The summed E-state index contributed by atoms with van der Waals surface area (Å²) in [6.07, 6.45) is 5.75. The van der Waals surface area contributed by atoms with E-state index in [9.17, 15) is 9.59 Å². The maximum Gasteiger partial charge on any atom is 0.316 e. The minimum Gasteiger partial charge on any atom is -0.468 e. The van der Waals surface area contributed by atoms with Gasteiger partial charge in [0, 0.05) is 0 Å². The first kappa shape index (κ1) is 14.6. The zero-order valence-electron chi connectivity index (χ0n) is 10.7. The van der Waals surface area contributed by atoms with E-state index in [1.165, 1.54) is 13.5 Å².